The lowest BCUT2D eigenvalue weighted by Gasteiger charge is -2.22. The van der Waals surface area contributed by atoms with Crippen molar-refractivity contribution in [1.82, 2.24) is 14.3 Å². The molecule has 210 valence electrons. The summed E-state index contributed by atoms with van der Waals surface area (Å²) in [6.45, 7) is 5.01. The number of para-hydroxylation sites is 1. The van der Waals surface area contributed by atoms with Crippen molar-refractivity contribution in [3.8, 4) is 22.9 Å². The van der Waals surface area contributed by atoms with Crippen LogP contribution in [0.4, 0.5) is 10.1 Å². The minimum atomic E-state index is -0.799. The normalized spacial score (nSPS) is 12.6. The molecule has 3 aromatic carbocycles. The van der Waals surface area contributed by atoms with Crippen LogP contribution in [-0.4, -0.2) is 38.6 Å². The summed E-state index contributed by atoms with van der Waals surface area (Å²) in [5.41, 5.74) is 1.01. The molecular formula is C31H29FN4O5. The Hall–Kier alpha value is -4.96. The molecule has 0 aliphatic heterocycles. The van der Waals surface area contributed by atoms with Gasteiger partial charge in [-0.05, 0) is 63.2 Å². The predicted octanol–water partition coefficient (Wildman–Crippen LogP) is 5.63. The summed E-state index contributed by atoms with van der Waals surface area (Å²) in [5, 5.41) is 13.6. The molecule has 1 amide bonds. The molecule has 2 heterocycles. The van der Waals surface area contributed by atoms with Gasteiger partial charge in [0.15, 0.2) is 11.6 Å². The number of aromatic nitrogens is 3. The van der Waals surface area contributed by atoms with Crippen LogP contribution in [0.1, 0.15) is 35.9 Å². The molecule has 5 aromatic rings. The number of carbonyl (C=O) groups excluding carboxylic acids is 1. The molecule has 0 saturated carbocycles. The number of methoxy groups -OCH3 is 1. The lowest BCUT2D eigenvalue weighted by atomic mass is 10.2. The molecule has 0 bridgehead atoms. The highest BCUT2D eigenvalue weighted by molar-refractivity contribution is 6.05. The van der Waals surface area contributed by atoms with E-state index in [0.29, 0.717) is 33.8 Å². The third-order valence-electron chi connectivity index (χ3n) is 6.96. The lowest BCUT2D eigenvalue weighted by molar-refractivity contribution is 0.102. The number of pyridine rings is 1. The zero-order valence-electron chi connectivity index (χ0n) is 23.0. The Labute approximate surface area is 235 Å². The van der Waals surface area contributed by atoms with E-state index in [1.165, 1.54) is 16.8 Å². The molecule has 2 N–H and O–H groups in total. The highest BCUT2D eigenvalue weighted by Gasteiger charge is 2.28. The maximum Gasteiger partial charge on any atom is 0.284 e. The van der Waals surface area contributed by atoms with E-state index < -0.39 is 29.4 Å². The van der Waals surface area contributed by atoms with E-state index in [1.807, 2.05) is 6.07 Å². The van der Waals surface area contributed by atoms with Crippen LogP contribution in [0.15, 0.2) is 83.8 Å². The topological polar surface area (TPSA) is 108 Å². The van der Waals surface area contributed by atoms with Crippen LogP contribution in [0, 0.1) is 12.7 Å². The van der Waals surface area contributed by atoms with Gasteiger partial charge in [0.05, 0.1) is 36.2 Å². The number of aliphatic hydroxyl groups excluding tert-OH is 1. The molecule has 5 rings (SSSR count). The summed E-state index contributed by atoms with van der Waals surface area (Å²) >= 11 is 0. The van der Waals surface area contributed by atoms with Crippen molar-refractivity contribution in [3.05, 3.63) is 106 Å². The molecule has 41 heavy (non-hydrogen) atoms. The first-order valence-corrected chi connectivity index (χ1v) is 13.0. The molecule has 9 nitrogen and oxygen atoms in total. The summed E-state index contributed by atoms with van der Waals surface area (Å²) in [6.07, 6.45) is 0.756. The van der Waals surface area contributed by atoms with E-state index in [-0.39, 0.29) is 17.0 Å². The Morgan fingerprint density at radius 2 is 1.78 bits per heavy atom. The van der Waals surface area contributed by atoms with Crippen molar-refractivity contribution in [1.29, 1.82) is 0 Å². The predicted molar refractivity (Wildman–Crippen MR) is 154 cm³/mol. The lowest BCUT2D eigenvalue weighted by Crippen LogP contribution is -2.29. The van der Waals surface area contributed by atoms with Crippen LogP contribution < -0.4 is 20.3 Å². The summed E-state index contributed by atoms with van der Waals surface area (Å²) in [4.78, 5) is 31.2. The zero-order valence-corrected chi connectivity index (χ0v) is 23.0. The van der Waals surface area contributed by atoms with Gasteiger partial charge in [-0.3, -0.25) is 19.3 Å². The van der Waals surface area contributed by atoms with E-state index in [2.05, 4.69) is 10.3 Å². The summed E-state index contributed by atoms with van der Waals surface area (Å²) in [5.74, 6) is -0.421. The monoisotopic (exact) mass is 556 g/mol. The Balaban J connectivity index is 1.44. The van der Waals surface area contributed by atoms with Crippen molar-refractivity contribution < 1.29 is 23.8 Å². The Morgan fingerprint density at radius 1 is 1.02 bits per heavy atom. The van der Waals surface area contributed by atoms with Crippen LogP contribution in [0.3, 0.4) is 0 Å². The van der Waals surface area contributed by atoms with E-state index in [4.69, 9.17) is 9.47 Å². The van der Waals surface area contributed by atoms with Gasteiger partial charge >= 0.3 is 0 Å². The number of amides is 1. The maximum absolute atomic E-state index is 15.1. The number of fused-ring (bicyclic) bond motifs is 1. The molecule has 0 aliphatic rings. The number of anilines is 1. The van der Waals surface area contributed by atoms with E-state index in [9.17, 15) is 14.7 Å². The molecule has 0 saturated heterocycles. The number of aliphatic hydroxyl groups is 1. The fourth-order valence-corrected chi connectivity index (χ4v) is 4.68. The number of nitrogens with zero attached hydrogens (tertiary/aromatic N) is 3. The molecule has 0 aliphatic carbocycles. The highest BCUT2D eigenvalue weighted by Crippen LogP contribution is 2.33. The van der Waals surface area contributed by atoms with Gasteiger partial charge in [0.1, 0.15) is 17.1 Å². The Bertz CT molecular complexity index is 1800. The minimum Gasteiger partial charge on any atom is -0.497 e. The molecule has 0 fully saturated rings. The highest BCUT2D eigenvalue weighted by atomic mass is 19.1. The number of halogens is 1. The molecule has 0 spiro atoms. The second-order valence-electron chi connectivity index (χ2n) is 9.63. The van der Waals surface area contributed by atoms with Gasteiger partial charge in [-0.25, -0.2) is 9.07 Å². The van der Waals surface area contributed by atoms with Gasteiger partial charge in [-0.1, -0.05) is 18.2 Å². The van der Waals surface area contributed by atoms with E-state index >= 15 is 4.39 Å². The fourth-order valence-electron chi connectivity index (χ4n) is 4.68. The summed E-state index contributed by atoms with van der Waals surface area (Å²) in [7, 11) is 1.56. The minimum absolute atomic E-state index is 0.0501. The van der Waals surface area contributed by atoms with Crippen LogP contribution >= 0.6 is 0 Å². The second-order valence-corrected chi connectivity index (χ2v) is 9.63. The smallest absolute Gasteiger partial charge is 0.284 e. The first-order chi connectivity index (χ1) is 19.7. The average Bonchev–Trinajstić information content (AvgIpc) is 3.23. The van der Waals surface area contributed by atoms with Crippen molar-refractivity contribution >= 4 is 22.5 Å². The van der Waals surface area contributed by atoms with Crippen LogP contribution in [0.2, 0.25) is 0 Å². The number of benzene rings is 3. The summed E-state index contributed by atoms with van der Waals surface area (Å²) in [6, 6.07) is 19.3. The van der Waals surface area contributed by atoms with Crippen LogP contribution in [-0.2, 0) is 0 Å². The molecule has 0 radical (unpaired) electrons. The van der Waals surface area contributed by atoms with Gasteiger partial charge in [-0.15, -0.1) is 0 Å². The quantitative estimate of drug-likeness (QED) is 0.257. The molecule has 10 heteroatoms. The zero-order chi connectivity index (χ0) is 29.3. The Morgan fingerprint density at radius 3 is 2.46 bits per heavy atom. The molecule has 0 unspecified atom stereocenters. The van der Waals surface area contributed by atoms with Gasteiger partial charge in [0.25, 0.3) is 11.5 Å². The van der Waals surface area contributed by atoms with Crippen molar-refractivity contribution in [3.63, 3.8) is 0 Å². The number of hydrogen-bond donors (Lipinski definition) is 2. The van der Waals surface area contributed by atoms with Crippen molar-refractivity contribution in [2.24, 2.45) is 0 Å². The van der Waals surface area contributed by atoms with Crippen LogP contribution in [0.5, 0.6) is 17.2 Å². The largest absolute Gasteiger partial charge is 0.497 e. The summed E-state index contributed by atoms with van der Waals surface area (Å²) < 4.78 is 29.2. The SMILES string of the molecule is COc1ccc2c(Oc3ccc(NC(=O)c4c(C)n([C@H](C)[C@@H](C)O)n(-c5ccccc5)c4=O)cc3F)ccnc2c1. The van der Waals surface area contributed by atoms with E-state index in [0.717, 1.165) is 6.07 Å². The first kappa shape index (κ1) is 27.6. The first-order valence-electron chi connectivity index (χ1n) is 13.0. The number of ether oxygens (including phenoxy) is 2. The van der Waals surface area contributed by atoms with Gasteiger partial charge < -0.3 is 19.9 Å². The number of carbonyl (C=O) groups is 1. The Kier molecular flexibility index (Phi) is 7.58. The van der Waals surface area contributed by atoms with E-state index in [1.54, 1.807) is 87.3 Å². The van der Waals surface area contributed by atoms with Gasteiger partial charge in [-0.2, -0.15) is 0 Å². The molecule has 2 aromatic heterocycles. The molecular weight excluding hydrogens is 527 g/mol. The van der Waals surface area contributed by atoms with Gasteiger partial charge in [0, 0.05) is 29.4 Å². The fraction of sp³-hybridized carbons (Fsp3) is 0.194. The van der Waals surface area contributed by atoms with Crippen LogP contribution in [0.25, 0.3) is 16.6 Å². The third-order valence-corrected chi connectivity index (χ3v) is 6.96. The third kappa shape index (κ3) is 5.29. The van der Waals surface area contributed by atoms with Crippen molar-refractivity contribution in [2.75, 3.05) is 12.4 Å². The van der Waals surface area contributed by atoms with Crippen molar-refractivity contribution in [2.45, 2.75) is 32.9 Å². The number of nitrogens with one attached hydrogen (secondary N) is 1. The van der Waals surface area contributed by atoms with Gasteiger partial charge in [0.2, 0.25) is 0 Å². The number of hydrogen-bond acceptors (Lipinski definition) is 6. The average molecular weight is 557 g/mol. The number of rotatable bonds is 8. The standard InChI is InChI=1S/C31H29FN4O5/c1-18(20(3)37)35-19(2)29(31(39)36(35)22-8-6-5-7-9-22)30(38)34-21-10-13-28(25(32)16-21)41-27-14-15-33-26-17-23(40-4)11-12-24(26)27/h5-18,20,37H,1-4H3,(H,34,38)/t18-,20-/m1/s1. The maximum atomic E-state index is 15.1. The second kappa shape index (κ2) is 11.3. The molecule has 2 atom stereocenters.